The lowest BCUT2D eigenvalue weighted by molar-refractivity contribution is -0.144. The van der Waals surface area contributed by atoms with Gasteiger partial charge >= 0.3 is 5.97 Å². The maximum Gasteiger partial charge on any atom is 0.321 e. The second-order valence-corrected chi connectivity index (χ2v) is 8.17. The van der Waals surface area contributed by atoms with E-state index in [1.54, 1.807) is 0 Å². The number of likely N-dealkylation sites (tertiary alicyclic amines) is 1. The highest BCUT2D eigenvalue weighted by atomic mass is 16.4. The number of hydrogen-bond donors (Lipinski definition) is 2. The molecule has 144 valence electrons. The summed E-state index contributed by atoms with van der Waals surface area (Å²) in [5, 5.41) is 10.1. The minimum absolute atomic E-state index is 0.0578. The van der Waals surface area contributed by atoms with Crippen molar-refractivity contribution in [2.24, 2.45) is 11.7 Å². The number of aromatic nitrogens is 2. The Kier molecular flexibility index (Phi) is 4.78. The van der Waals surface area contributed by atoms with Crippen LogP contribution in [0.2, 0.25) is 0 Å². The molecule has 6 nitrogen and oxygen atoms in total. The largest absolute Gasteiger partial charge is 0.480 e. The number of carboxylic acids is 1. The number of hydrogen-bond acceptors (Lipinski definition) is 4. The standard InChI is InChI=1S/C21H28N4O2/c1-13(2)18(20(21(26)27)24-10-9-15(22)11-24)19-17-8-7-14-5-3-4-6-16(14)25(17)12-23-19/h3-6,12-13,15,18,20H,7-11,22H2,1-2H3,(H,26,27)/t15-,18?,20-/m0/s1. The molecule has 0 amide bonds. The fraction of sp³-hybridized carbons (Fsp3) is 0.524. The molecule has 4 rings (SSSR count). The predicted octanol–water partition coefficient (Wildman–Crippen LogP) is 2.20. The van der Waals surface area contributed by atoms with Crippen molar-refractivity contribution in [3.05, 3.63) is 47.5 Å². The van der Waals surface area contributed by atoms with Gasteiger partial charge in [0.05, 0.1) is 12.0 Å². The molecule has 1 aromatic carbocycles. The van der Waals surface area contributed by atoms with E-state index >= 15 is 0 Å². The summed E-state index contributed by atoms with van der Waals surface area (Å²) in [6.45, 7) is 5.57. The first kappa shape index (κ1) is 18.2. The summed E-state index contributed by atoms with van der Waals surface area (Å²) in [6.07, 6.45) is 4.57. The van der Waals surface area contributed by atoms with Crippen molar-refractivity contribution < 1.29 is 9.90 Å². The molecule has 3 heterocycles. The molecule has 2 aliphatic rings. The van der Waals surface area contributed by atoms with Crippen molar-refractivity contribution >= 4 is 5.97 Å². The third kappa shape index (κ3) is 3.17. The van der Waals surface area contributed by atoms with Gasteiger partial charge in [-0.15, -0.1) is 0 Å². The van der Waals surface area contributed by atoms with Gasteiger partial charge in [-0.2, -0.15) is 0 Å². The lowest BCUT2D eigenvalue weighted by Gasteiger charge is -2.34. The maximum atomic E-state index is 12.3. The zero-order valence-electron chi connectivity index (χ0n) is 16.0. The molecule has 2 aliphatic heterocycles. The van der Waals surface area contributed by atoms with E-state index in [0.29, 0.717) is 6.54 Å². The highest BCUT2D eigenvalue weighted by Crippen LogP contribution is 2.37. The smallest absolute Gasteiger partial charge is 0.321 e. The van der Waals surface area contributed by atoms with Gasteiger partial charge in [0.15, 0.2) is 0 Å². The Morgan fingerprint density at radius 3 is 2.74 bits per heavy atom. The van der Waals surface area contributed by atoms with Gasteiger partial charge in [-0.05, 0) is 36.8 Å². The van der Waals surface area contributed by atoms with Crippen LogP contribution in [0.15, 0.2) is 30.6 Å². The lowest BCUT2D eigenvalue weighted by atomic mass is 9.82. The summed E-state index contributed by atoms with van der Waals surface area (Å²) in [5.41, 5.74) is 10.6. The Bertz CT molecular complexity index is 844. The lowest BCUT2D eigenvalue weighted by Crippen LogP contribution is -2.47. The number of aliphatic carboxylic acids is 1. The van der Waals surface area contributed by atoms with E-state index in [-0.39, 0.29) is 17.9 Å². The van der Waals surface area contributed by atoms with Crippen LogP contribution in [-0.4, -0.2) is 50.7 Å². The van der Waals surface area contributed by atoms with Crippen LogP contribution in [0.4, 0.5) is 0 Å². The Morgan fingerprint density at radius 2 is 2.07 bits per heavy atom. The van der Waals surface area contributed by atoms with Crippen LogP contribution < -0.4 is 5.73 Å². The fourth-order valence-electron chi connectivity index (χ4n) is 4.77. The molecule has 0 aliphatic carbocycles. The Balaban J connectivity index is 1.76. The SMILES string of the molecule is CC(C)C(c1ncn2c1CCc1ccccc1-2)[C@@H](C(=O)O)N1CC[C@H](N)C1. The number of nitrogens with two attached hydrogens (primary N) is 1. The first-order valence-corrected chi connectivity index (χ1v) is 9.84. The average molecular weight is 368 g/mol. The molecule has 3 N–H and O–H groups in total. The number of fused-ring (bicyclic) bond motifs is 3. The first-order chi connectivity index (χ1) is 13.0. The highest BCUT2D eigenvalue weighted by Gasteiger charge is 2.41. The molecule has 1 saturated heterocycles. The van der Waals surface area contributed by atoms with Crippen LogP contribution in [-0.2, 0) is 17.6 Å². The van der Waals surface area contributed by atoms with Crippen LogP contribution >= 0.6 is 0 Å². The van der Waals surface area contributed by atoms with Crippen LogP contribution in [0, 0.1) is 5.92 Å². The van der Waals surface area contributed by atoms with Gasteiger partial charge in [0.25, 0.3) is 0 Å². The summed E-state index contributed by atoms with van der Waals surface area (Å²) in [6, 6.07) is 7.85. The minimum atomic E-state index is -0.777. The van der Waals surface area contributed by atoms with Gasteiger partial charge in [-0.1, -0.05) is 32.0 Å². The number of benzene rings is 1. The van der Waals surface area contributed by atoms with Gasteiger partial charge in [0.2, 0.25) is 0 Å². The molecule has 0 radical (unpaired) electrons. The summed E-state index contributed by atoms with van der Waals surface area (Å²) in [5.74, 6) is -0.769. The number of carboxylic acid groups (broad SMARTS) is 1. The molecule has 0 spiro atoms. The molecule has 0 bridgehead atoms. The van der Waals surface area contributed by atoms with Gasteiger partial charge < -0.3 is 15.4 Å². The molecular weight excluding hydrogens is 340 g/mol. The van der Waals surface area contributed by atoms with Crippen LogP contribution in [0.1, 0.15) is 43.1 Å². The maximum absolute atomic E-state index is 12.3. The van der Waals surface area contributed by atoms with E-state index in [0.717, 1.165) is 42.9 Å². The molecule has 1 aromatic heterocycles. The molecule has 27 heavy (non-hydrogen) atoms. The number of para-hydroxylation sites is 1. The van der Waals surface area contributed by atoms with E-state index < -0.39 is 12.0 Å². The van der Waals surface area contributed by atoms with Crippen LogP contribution in [0.3, 0.4) is 0 Å². The minimum Gasteiger partial charge on any atom is -0.480 e. The van der Waals surface area contributed by atoms with E-state index in [2.05, 4.69) is 36.6 Å². The molecule has 1 fully saturated rings. The number of carbonyl (C=O) groups is 1. The van der Waals surface area contributed by atoms with Crippen molar-refractivity contribution in [1.29, 1.82) is 0 Å². The molecule has 3 atom stereocenters. The van der Waals surface area contributed by atoms with Crippen molar-refractivity contribution in [3.8, 4) is 5.69 Å². The van der Waals surface area contributed by atoms with Gasteiger partial charge in [0, 0.05) is 36.4 Å². The molecular formula is C21H28N4O2. The van der Waals surface area contributed by atoms with E-state index in [1.165, 1.54) is 5.56 Å². The van der Waals surface area contributed by atoms with Crippen LogP contribution in [0.25, 0.3) is 5.69 Å². The Hall–Kier alpha value is -2.18. The summed E-state index contributed by atoms with van der Waals surface area (Å²) in [4.78, 5) is 19.1. The molecule has 1 unspecified atom stereocenters. The van der Waals surface area contributed by atoms with E-state index in [1.807, 2.05) is 17.3 Å². The highest BCUT2D eigenvalue weighted by molar-refractivity contribution is 5.75. The van der Waals surface area contributed by atoms with E-state index in [9.17, 15) is 9.90 Å². The summed E-state index contributed by atoms with van der Waals surface area (Å²) >= 11 is 0. The van der Waals surface area contributed by atoms with Crippen molar-refractivity contribution in [2.45, 2.75) is 51.1 Å². The van der Waals surface area contributed by atoms with Crippen molar-refractivity contribution in [1.82, 2.24) is 14.5 Å². The van der Waals surface area contributed by atoms with Gasteiger partial charge in [-0.25, -0.2) is 4.98 Å². The Labute approximate surface area is 160 Å². The molecule has 0 saturated carbocycles. The summed E-state index contributed by atoms with van der Waals surface area (Å²) < 4.78 is 2.15. The first-order valence-electron chi connectivity index (χ1n) is 9.84. The third-order valence-corrected chi connectivity index (χ3v) is 6.06. The second kappa shape index (κ2) is 7.09. The van der Waals surface area contributed by atoms with Gasteiger partial charge in [-0.3, -0.25) is 9.69 Å². The number of aryl methyl sites for hydroxylation is 1. The molecule has 2 aromatic rings. The zero-order chi connectivity index (χ0) is 19.1. The number of nitrogens with zero attached hydrogens (tertiary/aromatic N) is 3. The summed E-state index contributed by atoms with van der Waals surface area (Å²) in [7, 11) is 0. The van der Waals surface area contributed by atoms with Crippen molar-refractivity contribution in [3.63, 3.8) is 0 Å². The molecule has 6 heteroatoms. The van der Waals surface area contributed by atoms with Crippen molar-refractivity contribution in [2.75, 3.05) is 13.1 Å². The average Bonchev–Trinajstić information content (AvgIpc) is 3.25. The fourth-order valence-corrected chi connectivity index (χ4v) is 4.77. The monoisotopic (exact) mass is 368 g/mol. The van der Waals surface area contributed by atoms with Crippen LogP contribution in [0.5, 0.6) is 0 Å². The second-order valence-electron chi connectivity index (χ2n) is 8.17. The Morgan fingerprint density at radius 1 is 1.30 bits per heavy atom. The number of imidazole rings is 1. The predicted molar refractivity (Wildman–Crippen MR) is 104 cm³/mol. The normalized spacial score (nSPS) is 21.7. The quantitative estimate of drug-likeness (QED) is 0.845. The van der Waals surface area contributed by atoms with Gasteiger partial charge in [0.1, 0.15) is 6.04 Å². The number of rotatable bonds is 5. The third-order valence-electron chi connectivity index (χ3n) is 6.06. The zero-order valence-corrected chi connectivity index (χ0v) is 16.0. The topological polar surface area (TPSA) is 84.4 Å². The van der Waals surface area contributed by atoms with E-state index in [4.69, 9.17) is 10.7 Å².